The topological polar surface area (TPSA) is 348 Å². The molecule has 4 aliphatic heterocycles. The van der Waals surface area contributed by atoms with E-state index in [1.54, 1.807) is 4.90 Å². The van der Waals surface area contributed by atoms with Gasteiger partial charge in [-0.1, -0.05) is 140 Å². The number of alkyl carbamates (subject to hydrolysis) is 4. The third-order valence-electron chi connectivity index (χ3n) is 17.7. The first-order valence-corrected chi connectivity index (χ1v) is 33.0. The monoisotopic (exact) mass is 1400 g/mol. The van der Waals surface area contributed by atoms with Crippen LogP contribution in [0.2, 0.25) is 0 Å². The molecule has 0 spiro atoms. The SMILES string of the molecule is C=CCOC(=O)OC[C@H]1CN2C(=O)Nc3ccc(C(=O)O)cc3NC(=O)N1C[C@H]2CCCCNC(=O)OCC1c2ccccc2-c2ccccc21.O=C(O)CN1CC[C@@H](CCCCNC(=O)OCc2ccccc2)NC(=O)OC[C@@H](NC(=O)OCC2c3ccccc3-c3ccccc32)C1=O.S. The van der Waals surface area contributed by atoms with E-state index < -0.39 is 97.8 Å². The minimum atomic E-state index is -1.36. The van der Waals surface area contributed by atoms with E-state index in [4.69, 9.17) is 28.4 Å². The van der Waals surface area contributed by atoms with Gasteiger partial charge in [-0.2, -0.15) is 13.5 Å². The van der Waals surface area contributed by atoms with Gasteiger partial charge in [0.25, 0.3) is 0 Å². The van der Waals surface area contributed by atoms with Crippen molar-refractivity contribution < 1.29 is 86.6 Å². The Balaban J connectivity index is 0.000000233. The minimum Gasteiger partial charge on any atom is -0.480 e. The number of piperazine rings is 1. The second kappa shape index (κ2) is 36.0. The maximum Gasteiger partial charge on any atom is 0.508 e. The number of hydrogen-bond acceptors (Lipinski definition) is 16. The van der Waals surface area contributed by atoms with E-state index in [0.29, 0.717) is 51.6 Å². The summed E-state index contributed by atoms with van der Waals surface area (Å²) in [6.07, 6.45) is 1.38. The van der Waals surface area contributed by atoms with Crippen molar-refractivity contribution in [3.8, 4) is 22.3 Å². The predicted octanol–water partition coefficient (Wildman–Crippen LogP) is 10.4. The highest BCUT2D eigenvalue weighted by atomic mass is 32.1. The number of fused-ring (bicyclic) bond motifs is 10. The van der Waals surface area contributed by atoms with Crippen LogP contribution in [0.1, 0.15) is 95.0 Å². The predicted molar refractivity (Wildman–Crippen MR) is 375 cm³/mol. The quantitative estimate of drug-likeness (QED) is 0.0121. The number of urea groups is 2. The van der Waals surface area contributed by atoms with Gasteiger partial charge in [-0.05, 0) is 113 Å². The van der Waals surface area contributed by atoms with Gasteiger partial charge in [0.15, 0.2) is 0 Å². The van der Waals surface area contributed by atoms with Crippen LogP contribution in [0.25, 0.3) is 22.3 Å². The van der Waals surface area contributed by atoms with E-state index in [-0.39, 0.29) is 101 Å². The van der Waals surface area contributed by atoms with Crippen molar-refractivity contribution in [2.45, 2.75) is 87.6 Å². The zero-order valence-electron chi connectivity index (χ0n) is 55.3. The van der Waals surface area contributed by atoms with Crippen LogP contribution >= 0.6 is 13.5 Å². The zero-order valence-corrected chi connectivity index (χ0v) is 56.3. The van der Waals surface area contributed by atoms with E-state index >= 15 is 0 Å². The molecule has 532 valence electrons. The lowest BCUT2D eigenvalue weighted by atomic mass is 9.98. The van der Waals surface area contributed by atoms with Gasteiger partial charge in [0, 0.05) is 50.6 Å². The summed E-state index contributed by atoms with van der Waals surface area (Å²) in [5.41, 5.74) is 9.87. The molecule has 0 saturated carbocycles. The van der Waals surface area contributed by atoms with E-state index in [2.05, 4.69) is 62.7 Å². The Labute approximate surface area is 589 Å². The molecule has 0 unspecified atom stereocenters. The van der Waals surface area contributed by atoms with Crippen molar-refractivity contribution >= 4 is 85.3 Å². The normalized spacial score (nSPS) is 17.4. The fraction of sp³-hybridized carbons (Fsp3) is 0.342. The van der Waals surface area contributed by atoms with Crippen molar-refractivity contribution in [3.05, 3.63) is 192 Å². The summed E-state index contributed by atoms with van der Waals surface area (Å²) in [4.78, 5) is 130. The average molecular weight is 1400 g/mol. The largest absolute Gasteiger partial charge is 0.508 e. The minimum absolute atomic E-state index is 0. The van der Waals surface area contributed by atoms with Gasteiger partial charge in [-0.25, -0.2) is 38.4 Å². The van der Waals surface area contributed by atoms with Gasteiger partial charge in [0.05, 0.1) is 29.0 Å². The third kappa shape index (κ3) is 19.8. The summed E-state index contributed by atoms with van der Waals surface area (Å²) in [5, 5.41) is 35.2. The van der Waals surface area contributed by atoms with Crippen molar-refractivity contribution in [2.75, 3.05) is 82.9 Å². The number of carbonyl (C=O) groups is 10. The molecule has 6 aromatic carbocycles. The number of carbonyl (C=O) groups excluding carboxylic acids is 8. The standard InChI is InChI=1S/C37H39N5O9.C36H40N4O9.H2S/c1-2-17-49-37(48)51-21-25-20-41-24(19-42(25)35(46)40-32-18-23(33(43)44)14-15-31(32)39-34(41)45)9-7-8-16-38-36(47)50-22-30-28-12-5-3-10-26(28)27-11-4-6-13-29(27)30;41-32(42)20-40-19-17-25(12-8-9-18-37-34(44)47-21-24-10-2-1-3-11-24)38-35(45)49-23-31(33(40)43)39-36(46)48-22-30-28-15-6-4-13-26(28)27-14-5-7-16-29(27)30;/h2-6,10-15,18,24-25,30H,1,7-9,16-17,19-22H2,(H,38,47)(H,39,45)(H,40,46)(H,43,44);1-7,10-11,13-16,25,30-31H,8-9,12,17-23H2,(H,37,44)(H,38,45)(H,39,46)(H,41,42);1H2/t24-,25-;25-,31-;/m11./s1. The maximum atomic E-state index is 13.6. The zero-order chi connectivity index (χ0) is 70.5. The number of amides is 9. The number of benzene rings is 6. The molecule has 2 saturated heterocycles. The smallest absolute Gasteiger partial charge is 0.480 e. The first kappa shape index (κ1) is 73.9. The summed E-state index contributed by atoms with van der Waals surface area (Å²) >= 11 is 0. The molecule has 2 aliphatic carbocycles. The summed E-state index contributed by atoms with van der Waals surface area (Å²) in [6.45, 7) is 3.34. The van der Waals surface area contributed by atoms with Gasteiger partial charge in [-0.3, -0.25) is 9.59 Å². The number of aromatic carboxylic acids is 1. The molecule has 4 heterocycles. The van der Waals surface area contributed by atoms with Crippen LogP contribution in [0.5, 0.6) is 0 Å². The molecule has 6 aliphatic rings. The third-order valence-corrected chi connectivity index (χ3v) is 17.7. The first-order chi connectivity index (χ1) is 48.5. The second-order valence-corrected chi connectivity index (χ2v) is 24.3. The van der Waals surface area contributed by atoms with Gasteiger partial charge in [0.1, 0.15) is 52.2 Å². The van der Waals surface area contributed by atoms with Crippen LogP contribution < -0.4 is 31.9 Å². The second-order valence-electron chi connectivity index (χ2n) is 24.3. The van der Waals surface area contributed by atoms with Gasteiger partial charge < -0.3 is 85.2 Å². The Hall–Kier alpha value is -11.3. The fourth-order valence-corrected chi connectivity index (χ4v) is 12.8. The lowest BCUT2D eigenvalue weighted by Crippen LogP contribution is -2.64. The number of unbranched alkanes of at least 4 members (excludes halogenated alkanes) is 2. The Morgan fingerprint density at radius 2 is 1.11 bits per heavy atom. The number of nitrogens with zero attached hydrogens (tertiary/aromatic N) is 3. The molecule has 12 rings (SSSR count). The van der Waals surface area contributed by atoms with Crippen LogP contribution in [0.4, 0.5) is 44.9 Å². The molecule has 2 bridgehead atoms. The van der Waals surface area contributed by atoms with Crippen LogP contribution in [-0.2, 0) is 44.6 Å². The number of aliphatic carboxylic acids is 1. The highest BCUT2D eigenvalue weighted by Crippen LogP contribution is 2.46. The lowest BCUT2D eigenvalue weighted by Gasteiger charge is -2.46. The van der Waals surface area contributed by atoms with Crippen molar-refractivity contribution in [1.82, 2.24) is 36.0 Å². The maximum absolute atomic E-state index is 13.6. The van der Waals surface area contributed by atoms with E-state index in [1.807, 2.05) is 103 Å². The highest BCUT2D eigenvalue weighted by Gasteiger charge is 2.41. The number of nitrogens with one attached hydrogen (secondary N) is 6. The van der Waals surface area contributed by atoms with E-state index in [9.17, 15) is 58.2 Å². The molecule has 0 aromatic heterocycles. The summed E-state index contributed by atoms with van der Waals surface area (Å²) < 4.78 is 31.8. The van der Waals surface area contributed by atoms with Gasteiger partial charge in [-0.15, -0.1) is 0 Å². The molecule has 27 nitrogen and oxygen atoms in total. The summed E-state index contributed by atoms with van der Waals surface area (Å²) in [6, 6.07) is 41.4. The Bertz CT molecular complexity index is 3880. The number of hydrogen-bond donors (Lipinski definition) is 8. The van der Waals surface area contributed by atoms with E-state index in [1.165, 1.54) is 29.2 Å². The molecule has 101 heavy (non-hydrogen) atoms. The van der Waals surface area contributed by atoms with Gasteiger partial charge >= 0.3 is 54.5 Å². The first-order valence-electron chi connectivity index (χ1n) is 33.0. The van der Waals surface area contributed by atoms with Crippen molar-refractivity contribution in [1.29, 1.82) is 0 Å². The molecule has 8 N–H and O–H groups in total. The summed E-state index contributed by atoms with van der Waals surface area (Å²) in [5.74, 6) is -3.38. The molecule has 28 heteroatoms. The molecule has 2 fully saturated rings. The molecular weight excluding hydrogens is 1320 g/mol. The van der Waals surface area contributed by atoms with Crippen molar-refractivity contribution in [2.24, 2.45) is 0 Å². The van der Waals surface area contributed by atoms with E-state index in [0.717, 1.165) is 55.0 Å². The summed E-state index contributed by atoms with van der Waals surface area (Å²) in [7, 11) is 0. The molecule has 0 radical (unpaired) electrons. The fourth-order valence-electron chi connectivity index (χ4n) is 12.8. The van der Waals surface area contributed by atoms with Crippen LogP contribution in [-0.4, -0.2) is 182 Å². The van der Waals surface area contributed by atoms with Crippen LogP contribution in [0.15, 0.2) is 158 Å². The van der Waals surface area contributed by atoms with Crippen LogP contribution in [0, 0.1) is 0 Å². The Kier molecular flexibility index (Phi) is 26.3. The Morgan fingerprint density at radius 3 is 1.68 bits per heavy atom. The van der Waals surface area contributed by atoms with Crippen molar-refractivity contribution in [3.63, 3.8) is 0 Å². The number of carboxylic acids is 2. The molecule has 4 atom stereocenters. The number of anilines is 2. The van der Waals surface area contributed by atoms with Crippen LogP contribution in [0.3, 0.4) is 0 Å². The van der Waals surface area contributed by atoms with Gasteiger partial charge in [0.2, 0.25) is 5.91 Å². The molecular formula is C73H81N9O18S. The Morgan fingerprint density at radius 1 is 0.584 bits per heavy atom. The number of cyclic esters (lactones) is 1. The number of carboxylic acid groups (broad SMARTS) is 2. The number of ether oxygens (including phenoxy) is 6. The average Bonchev–Trinajstić information content (AvgIpc) is 1.68. The molecule has 6 aromatic rings. The number of rotatable bonds is 24. The molecule has 9 amide bonds. The highest BCUT2D eigenvalue weighted by molar-refractivity contribution is 7.59. The lowest BCUT2D eigenvalue weighted by molar-refractivity contribution is -0.146.